The average molecular weight is 421 g/mol. The van der Waals surface area contributed by atoms with E-state index in [0.29, 0.717) is 10.8 Å². The first kappa shape index (κ1) is 22.0. The maximum Gasteiger partial charge on any atom is 0.339 e. The van der Waals surface area contributed by atoms with E-state index in [4.69, 9.17) is 21.1 Å². The van der Waals surface area contributed by atoms with Gasteiger partial charge in [-0.2, -0.15) is 0 Å². The summed E-state index contributed by atoms with van der Waals surface area (Å²) >= 11 is 5.82. The third-order valence-corrected chi connectivity index (χ3v) is 4.20. The second-order valence-corrected chi connectivity index (χ2v) is 6.33. The molecule has 0 atom stereocenters. The van der Waals surface area contributed by atoms with Crippen molar-refractivity contribution in [1.29, 1.82) is 0 Å². The zero-order valence-electron chi connectivity index (χ0n) is 16.2. The van der Waals surface area contributed by atoms with Crippen molar-refractivity contribution in [2.45, 2.75) is 0 Å². The number of amides is 2. The minimum atomic E-state index is -0.648. The minimum Gasteiger partial charge on any atom is -0.492 e. The Balaban J connectivity index is 2.04. The topological polar surface area (TPSA) is 94.2 Å². The van der Waals surface area contributed by atoms with Crippen molar-refractivity contribution >= 4 is 35.3 Å². The molecule has 0 aromatic heterocycles. The molecule has 0 aliphatic carbocycles. The molecule has 1 N–H and O–H groups in total. The number of anilines is 1. The summed E-state index contributed by atoms with van der Waals surface area (Å²) in [5.41, 5.74) is 0.429. The normalized spacial score (nSPS) is 10.1. The average Bonchev–Trinajstić information content (AvgIpc) is 2.73. The van der Waals surface area contributed by atoms with Gasteiger partial charge in [0.2, 0.25) is 0 Å². The summed E-state index contributed by atoms with van der Waals surface area (Å²) in [4.78, 5) is 37.6. The summed E-state index contributed by atoms with van der Waals surface area (Å²) in [6.45, 7) is 0.524. The third kappa shape index (κ3) is 6.11. The molecule has 0 saturated carbocycles. The molecule has 2 amide bonds. The second kappa shape index (κ2) is 10.3. The van der Waals surface area contributed by atoms with E-state index in [0.717, 1.165) is 0 Å². The number of hydrogen-bond donors (Lipinski definition) is 1. The molecule has 2 rings (SSSR count). The first-order valence-electron chi connectivity index (χ1n) is 8.57. The van der Waals surface area contributed by atoms with Crippen LogP contribution in [0.2, 0.25) is 5.02 Å². The number of methoxy groups -OCH3 is 2. The summed E-state index contributed by atoms with van der Waals surface area (Å²) in [5.74, 6) is -0.617. The third-order valence-electron chi connectivity index (χ3n) is 3.94. The van der Waals surface area contributed by atoms with E-state index in [1.807, 2.05) is 0 Å². The highest BCUT2D eigenvalue weighted by molar-refractivity contribution is 6.30. The Kier molecular flexibility index (Phi) is 7.85. The van der Waals surface area contributed by atoms with Gasteiger partial charge >= 0.3 is 18.0 Å². The molecular weight excluding hydrogens is 400 g/mol. The van der Waals surface area contributed by atoms with Crippen molar-refractivity contribution in [3.63, 3.8) is 0 Å². The molecule has 8 nitrogen and oxygen atoms in total. The summed E-state index contributed by atoms with van der Waals surface area (Å²) in [5, 5.41) is 3.21. The Morgan fingerprint density at radius 2 is 1.66 bits per heavy atom. The van der Waals surface area contributed by atoms with Gasteiger partial charge < -0.3 is 24.4 Å². The van der Waals surface area contributed by atoms with Crippen molar-refractivity contribution in [3.05, 3.63) is 58.6 Å². The molecule has 0 bridgehead atoms. The quantitative estimate of drug-likeness (QED) is 0.689. The molecule has 0 radical (unpaired) electrons. The van der Waals surface area contributed by atoms with E-state index in [-0.39, 0.29) is 30.0 Å². The number of nitrogens with zero attached hydrogens (tertiary/aromatic N) is 1. The lowest BCUT2D eigenvalue weighted by atomic mass is 10.1. The number of halogens is 1. The van der Waals surface area contributed by atoms with Crippen LogP contribution < -0.4 is 10.1 Å². The molecule has 0 aliphatic rings. The molecule has 0 unspecified atom stereocenters. The standard InChI is InChI=1S/C20H21ClN2O6/c1-23(10-11-29-15-7-5-14(21)6-8-15)20(26)22-17-12-13(18(24)27-2)4-9-16(17)19(25)28-3/h4-9,12H,10-11H2,1-3H3,(H,22,26). The molecule has 0 spiro atoms. The fourth-order valence-corrected chi connectivity index (χ4v) is 2.45. The lowest BCUT2D eigenvalue weighted by molar-refractivity contribution is 0.0587. The van der Waals surface area contributed by atoms with E-state index in [2.05, 4.69) is 10.1 Å². The van der Waals surface area contributed by atoms with Gasteiger partial charge in [-0.15, -0.1) is 0 Å². The van der Waals surface area contributed by atoms with Crippen LogP contribution in [0.1, 0.15) is 20.7 Å². The van der Waals surface area contributed by atoms with Crippen LogP contribution in [-0.4, -0.2) is 57.3 Å². The van der Waals surface area contributed by atoms with E-state index in [9.17, 15) is 14.4 Å². The molecule has 0 fully saturated rings. The Bertz CT molecular complexity index is 885. The molecule has 154 valence electrons. The number of ether oxygens (including phenoxy) is 3. The number of urea groups is 1. The fraction of sp³-hybridized carbons (Fsp3) is 0.250. The van der Waals surface area contributed by atoms with Gasteiger partial charge in [-0.05, 0) is 42.5 Å². The summed E-state index contributed by atoms with van der Waals surface area (Å²) in [6, 6.07) is 10.5. The van der Waals surface area contributed by atoms with Crippen LogP contribution >= 0.6 is 11.6 Å². The highest BCUT2D eigenvalue weighted by atomic mass is 35.5. The Morgan fingerprint density at radius 3 is 2.28 bits per heavy atom. The van der Waals surface area contributed by atoms with Crippen LogP contribution in [-0.2, 0) is 9.47 Å². The van der Waals surface area contributed by atoms with Crippen LogP contribution in [0, 0.1) is 0 Å². The Morgan fingerprint density at radius 1 is 1.00 bits per heavy atom. The predicted molar refractivity (Wildman–Crippen MR) is 108 cm³/mol. The Labute approximate surface area is 173 Å². The zero-order valence-corrected chi connectivity index (χ0v) is 17.0. The van der Waals surface area contributed by atoms with Gasteiger partial charge in [-0.1, -0.05) is 11.6 Å². The first-order valence-corrected chi connectivity index (χ1v) is 8.94. The van der Waals surface area contributed by atoms with Gasteiger partial charge in [0.05, 0.1) is 37.6 Å². The van der Waals surface area contributed by atoms with Gasteiger partial charge in [0.25, 0.3) is 0 Å². The van der Waals surface area contributed by atoms with Crippen LogP contribution in [0.25, 0.3) is 0 Å². The van der Waals surface area contributed by atoms with Gasteiger partial charge in [-0.25, -0.2) is 14.4 Å². The van der Waals surface area contributed by atoms with Crippen LogP contribution in [0.4, 0.5) is 10.5 Å². The Hall–Kier alpha value is -3.26. The molecule has 0 heterocycles. The van der Waals surface area contributed by atoms with Crippen molar-refractivity contribution in [2.75, 3.05) is 39.7 Å². The van der Waals surface area contributed by atoms with Crippen molar-refractivity contribution in [1.82, 2.24) is 4.90 Å². The fourth-order valence-electron chi connectivity index (χ4n) is 2.32. The van der Waals surface area contributed by atoms with Gasteiger partial charge in [-0.3, -0.25) is 0 Å². The van der Waals surface area contributed by atoms with Crippen LogP contribution in [0.5, 0.6) is 5.75 Å². The number of nitrogens with one attached hydrogen (secondary N) is 1. The van der Waals surface area contributed by atoms with Gasteiger partial charge in [0.1, 0.15) is 12.4 Å². The molecule has 0 aliphatic heterocycles. The lowest BCUT2D eigenvalue weighted by Crippen LogP contribution is -2.35. The predicted octanol–water partition coefficient (Wildman–Crippen LogP) is 3.46. The van der Waals surface area contributed by atoms with Gasteiger partial charge in [0.15, 0.2) is 0 Å². The summed E-state index contributed by atoms with van der Waals surface area (Å²) in [6.07, 6.45) is 0. The number of carbonyl (C=O) groups excluding carboxylic acids is 3. The van der Waals surface area contributed by atoms with Crippen molar-refractivity contribution < 1.29 is 28.6 Å². The highest BCUT2D eigenvalue weighted by Crippen LogP contribution is 2.20. The van der Waals surface area contributed by atoms with Gasteiger partial charge in [0, 0.05) is 12.1 Å². The van der Waals surface area contributed by atoms with E-state index in [1.54, 1.807) is 31.3 Å². The van der Waals surface area contributed by atoms with Crippen LogP contribution in [0.3, 0.4) is 0 Å². The number of benzene rings is 2. The number of esters is 2. The molecular formula is C20H21ClN2O6. The minimum absolute atomic E-state index is 0.110. The summed E-state index contributed by atoms with van der Waals surface area (Å²) in [7, 11) is 4.04. The monoisotopic (exact) mass is 420 g/mol. The molecule has 0 saturated heterocycles. The lowest BCUT2D eigenvalue weighted by Gasteiger charge is -2.19. The highest BCUT2D eigenvalue weighted by Gasteiger charge is 2.18. The largest absolute Gasteiger partial charge is 0.492 e. The molecule has 2 aromatic carbocycles. The number of rotatable bonds is 7. The summed E-state index contributed by atoms with van der Waals surface area (Å²) < 4.78 is 14.9. The molecule has 2 aromatic rings. The molecule has 29 heavy (non-hydrogen) atoms. The van der Waals surface area contributed by atoms with Crippen molar-refractivity contribution in [2.24, 2.45) is 0 Å². The first-order chi connectivity index (χ1) is 13.8. The van der Waals surface area contributed by atoms with Crippen molar-refractivity contribution in [3.8, 4) is 5.75 Å². The molecule has 9 heteroatoms. The van der Waals surface area contributed by atoms with Crippen LogP contribution in [0.15, 0.2) is 42.5 Å². The number of carbonyl (C=O) groups is 3. The maximum absolute atomic E-state index is 12.5. The maximum atomic E-state index is 12.5. The zero-order chi connectivity index (χ0) is 21.4. The number of hydrogen-bond acceptors (Lipinski definition) is 6. The van der Waals surface area contributed by atoms with E-state index in [1.165, 1.54) is 37.3 Å². The smallest absolute Gasteiger partial charge is 0.339 e. The SMILES string of the molecule is COC(=O)c1ccc(C(=O)OC)c(NC(=O)N(C)CCOc2ccc(Cl)cc2)c1. The van der Waals surface area contributed by atoms with E-state index >= 15 is 0 Å². The van der Waals surface area contributed by atoms with E-state index < -0.39 is 18.0 Å². The number of likely N-dealkylation sites (N-methyl/N-ethyl adjacent to an activating group) is 1. The second-order valence-electron chi connectivity index (χ2n) is 5.90.